The maximum absolute atomic E-state index is 12.5. The molecule has 1 aliphatic carbocycles. The molecule has 2 aliphatic rings. The van der Waals surface area contributed by atoms with E-state index < -0.39 is 0 Å². The summed E-state index contributed by atoms with van der Waals surface area (Å²) in [6.07, 6.45) is 9.75. The highest BCUT2D eigenvalue weighted by Gasteiger charge is 2.25. The molecule has 1 aliphatic heterocycles. The van der Waals surface area contributed by atoms with Gasteiger partial charge in [-0.05, 0) is 37.3 Å². The number of carbonyl (C=O) groups excluding carboxylic acids is 2. The maximum atomic E-state index is 12.5. The van der Waals surface area contributed by atoms with Crippen LogP contribution in [0.4, 0.5) is 0 Å². The van der Waals surface area contributed by atoms with Crippen LogP contribution in [0.1, 0.15) is 48.9 Å². The molecule has 1 saturated heterocycles. The number of carbonyl (C=O) groups is 2. The molecule has 0 spiro atoms. The van der Waals surface area contributed by atoms with Crippen LogP contribution in [0.2, 0.25) is 0 Å². The number of hydrogen-bond acceptors (Lipinski definition) is 3. The molecule has 0 aromatic carbocycles. The Labute approximate surface area is 137 Å². The standard InChI is InChI=1S/C18H25N3O2/c22-17(13-15-5-1-2-6-15)20-9-4-10-21(12-11-20)18(23)16-7-3-8-19-14-16/h3,7-8,14-15H,1-2,4-6,9-13H2. The first-order valence-corrected chi connectivity index (χ1v) is 8.71. The molecule has 23 heavy (non-hydrogen) atoms. The van der Waals surface area contributed by atoms with Gasteiger partial charge < -0.3 is 9.80 Å². The van der Waals surface area contributed by atoms with Crippen molar-refractivity contribution < 1.29 is 9.59 Å². The highest BCUT2D eigenvalue weighted by atomic mass is 16.2. The van der Waals surface area contributed by atoms with E-state index >= 15 is 0 Å². The Kier molecular flexibility index (Phi) is 5.26. The molecule has 0 radical (unpaired) electrons. The largest absolute Gasteiger partial charge is 0.341 e. The molecule has 0 bridgehead atoms. The van der Waals surface area contributed by atoms with Crippen molar-refractivity contribution in [3.05, 3.63) is 30.1 Å². The van der Waals surface area contributed by atoms with Crippen molar-refractivity contribution in [2.75, 3.05) is 26.2 Å². The van der Waals surface area contributed by atoms with Crippen molar-refractivity contribution in [1.82, 2.24) is 14.8 Å². The molecular formula is C18H25N3O2. The number of nitrogens with zero attached hydrogens (tertiary/aromatic N) is 3. The molecule has 5 heteroatoms. The van der Waals surface area contributed by atoms with Gasteiger partial charge in [0.15, 0.2) is 0 Å². The first-order chi connectivity index (χ1) is 11.2. The second kappa shape index (κ2) is 7.57. The monoisotopic (exact) mass is 315 g/mol. The summed E-state index contributed by atoms with van der Waals surface area (Å²) in [4.78, 5) is 32.8. The normalized spacial score (nSPS) is 19.7. The molecule has 2 fully saturated rings. The van der Waals surface area contributed by atoms with E-state index in [9.17, 15) is 9.59 Å². The van der Waals surface area contributed by atoms with Crippen LogP contribution >= 0.6 is 0 Å². The van der Waals surface area contributed by atoms with E-state index in [0.717, 1.165) is 13.0 Å². The molecule has 2 amide bonds. The van der Waals surface area contributed by atoms with Crippen molar-refractivity contribution in [2.24, 2.45) is 5.92 Å². The van der Waals surface area contributed by atoms with Crippen LogP contribution in [-0.2, 0) is 4.79 Å². The summed E-state index contributed by atoms with van der Waals surface area (Å²) in [7, 11) is 0. The van der Waals surface area contributed by atoms with Crippen molar-refractivity contribution in [1.29, 1.82) is 0 Å². The second-order valence-electron chi connectivity index (χ2n) is 6.62. The highest BCUT2D eigenvalue weighted by molar-refractivity contribution is 5.93. The Morgan fingerprint density at radius 1 is 1.04 bits per heavy atom. The Morgan fingerprint density at radius 2 is 1.78 bits per heavy atom. The number of pyridine rings is 1. The van der Waals surface area contributed by atoms with Gasteiger partial charge in [0.1, 0.15) is 0 Å². The summed E-state index contributed by atoms with van der Waals surface area (Å²) in [5.41, 5.74) is 0.623. The number of hydrogen-bond donors (Lipinski definition) is 0. The lowest BCUT2D eigenvalue weighted by atomic mass is 10.0. The Morgan fingerprint density at radius 3 is 2.52 bits per heavy atom. The van der Waals surface area contributed by atoms with Gasteiger partial charge >= 0.3 is 0 Å². The SMILES string of the molecule is O=C(CC1CCCC1)N1CCCN(C(=O)c2cccnc2)CC1. The van der Waals surface area contributed by atoms with Crippen LogP contribution in [0.15, 0.2) is 24.5 Å². The highest BCUT2D eigenvalue weighted by Crippen LogP contribution is 2.28. The molecular weight excluding hydrogens is 290 g/mol. The van der Waals surface area contributed by atoms with E-state index in [0.29, 0.717) is 37.5 Å². The zero-order chi connectivity index (χ0) is 16.1. The maximum Gasteiger partial charge on any atom is 0.255 e. The lowest BCUT2D eigenvalue weighted by molar-refractivity contribution is -0.132. The third-order valence-corrected chi connectivity index (χ3v) is 4.98. The number of amides is 2. The van der Waals surface area contributed by atoms with Crippen molar-refractivity contribution >= 4 is 11.8 Å². The molecule has 124 valence electrons. The van der Waals surface area contributed by atoms with Crippen LogP contribution < -0.4 is 0 Å². The lowest BCUT2D eigenvalue weighted by Gasteiger charge is -2.23. The molecule has 0 atom stereocenters. The molecule has 1 aromatic heterocycles. The molecule has 0 unspecified atom stereocenters. The Bertz CT molecular complexity index is 540. The lowest BCUT2D eigenvalue weighted by Crippen LogP contribution is -2.37. The minimum atomic E-state index is 0.0168. The van der Waals surface area contributed by atoms with Gasteiger partial charge in [0.05, 0.1) is 5.56 Å². The fourth-order valence-electron chi connectivity index (χ4n) is 3.63. The average molecular weight is 315 g/mol. The predicted octanol–water partition coefficient (Wildman–Crippen LogP) is 2.34. The first-order valence-electron chi connectivity index (χ1n) is 8.71. The summed E-state index contributed by atoms with van der Waals surface area (Å²) < 4.78 is 0. The Hall–Kier alpha value is -1.91. The predicted molar refractivity (Wildman–Crippen MR) is 87.9 cm³/mol. The molecule has 1 saturated carbocycles. The average Bonchev–Trinajstić information content (AvgIpc) is 2.96. The molecule has 2 heterocycles. The van der Waals surface area contributed by atoms with Crippen molar-refractivity contribution in [2.45, 2.75) is 38.5 Å². The number of rotatable bonds is 3. The van der Waals surface area contributed by atoms with Crippen molar-refractivity contribution in [3.8, 4) is 0 Å². The third kappa shape index (κ3) is 4.09. The van der Waals surface area contributed by atoms with Gasteiger partial charge in [0.25, 0.3) is 5.91 Å². The first kappa shape index (κ1) is 16.0. The number of aromatic nitrogens is 1. The van der Waals surface area contributed by atoms with Crippen LogP contribution in [0.3, 0.4) is 0 Å². The molecule has 1 aromatic rings. The van der Waals surface area contributed by atoms with E-state index in [2.05, 4.69) is 4.98 Å². The van der Waals surface area contributed by atoms with E-state index in [-0.39, 0.29) is 11.8 Å². The Balaban J connectivity index is 1.54. The van der Waals surface area contributed by atoms with Gasteiger partial charge in [-0.15, -0.1) is 0 Å². The summed E-state index contributed by atoms with van der Waals surface area (Å²) in [5.74, 6) is 0.870. The van der Waals surface area contributed by atoms with Gasteiger partial charge in [-0.25, -0.2) is 0 Å². The van der Waals surface area contributed by atoms with E-state index in [1.54, 1.807) is 24.5 Å². The van der Waals surface area contributed by atoms with E-state index in [1.807, 2.05) is 9.80 Å². The minimum absolute atomic E-state index is 0.0168. The molecule has 3 rings (SSSR count). The van der Waals surface area contributed by atoms with Gasteiger partial charge in [0, 0.05) is 45.0 Å². The zero-order valence-corrected chi connectivity index (χ0v) is 13.6. The van der Waals surface area contributed by atoms with Gasteiger partial charge in [0.2, 0.25) is 5.91 Å². The summed E-state index contributed by atoms with van der Waals surface area (Å²) in [6, 6.07) is 3.58. The van der Waals surface area contributed by atoms with Crippen LogP contribution in [-0.4, -0.2) is 52.8 Å². The zero-order valence-electron chi connectivity index (χ0n) is 13.6. The molecule has 5 nitrogen and oxygen atoms in total. The van der Waals surface area contributed by atoms with Crippen LogP contribution in [0.25, 0.3) is 0 Å². The van der Waals surface area contributed by atoms with E-state index in [1.165, 1.54) is 25.7 Å². The van der Waals surface area contributed by atoms with E-state index in [4.69, 9.17) is 0 Å². The smallest absolute Gasteiger partial charge is 0.255 e. The van der Waals surface area contributed by atoms with Gasteiger partial charge in [-0.3, -0.25) is 14.6 Å². The van der Waals surface area contributed by atoms with Gasteiger partial charge in [-0.1, -0.05) is 12.8 Å². The summed E-state index contributed by atoms with van der Waals surface area (Å²) in [6.45, 7) is 2.74. The van der Waals surface area contributed by atoms with Gasteiger partial charge in [-0.2, -0.15) is 0 Å². The summed E-state index contributed by atoms with van der Waals surface area (Å²) >= 11 is 0. The van der Waals surface area contributed by atoms with Crippen LogP contribution in [0.5, 0.6) is 0 Å². The quantitative estimate of drug-likeness (QED) is 0.860. The summed E-state index contributed by atoms with van der Waals surface area (Å²) in [5, 5.41) is 0. The fraction of sp³-hybridized carbons (Fsp3) is 0.611. The third-order valence-electron chi connectivity index (χ3n) is 4.98. The topological polar surface area (TPSA) is 53.5 Å². The van der Waals surface area contributed by atoms with Crippen molar-refractivity contribution in [3.63, 3.8) is 0 Å². The minimum Gasteiger partial charge on any atom is -0.341 e. The second-order valence-corrected chi connectivity index (χ2v) is 6.62. The van der Waals surface area contributed by atoms with Crippen LogP contribution in [0, 0.1) is 5.92 Å². The molecule has 0 N–H and O–H groups in total. The fourth-order valence-corrected chi connectivity index (χ4v) is 3.63.